The Balaban J connectivity index is 1.76. The van der Waals surface area contributed by atoms with E-state index in [0.29, 0.717) is 11.1 Å². The van der Waals surface area contributed by atoms with Crippen molar-refractivity contribution in [2.24, 2.45) is 0 Å². The summed E-state index contributed by atoms with van der Waals surface area (Å²) >= 11 is 9.45. The summed E-state index contributed by atoms with van der Waals surface area (Å²) in [4.78, 5) is 6.82. The molecule has 1 saturated heterocycles. The minimum atomic E-state index is 0.604. The third kappa shape index (κ3) is 3.22. The summed E-state index contributed by atoms with van der Waals surface area (Å²) in [5.74, 6) is 1.53. The van der Waals surface area contributed by atoms with Crippen LogP contribution in [0.1, 0.15) is 12.8 Å². The summed E-state index contributed by atoms with van der Waals surface area (Å²) in [7, 11) is 2.02. The number of halogens is 2. The number of piperidine rings is 1. The van der Waals surface area contributed by atoms with E-state index in [2.05, 4.69) is 41.3 Å². The fourth-order valence-electron chi connectivity index (χ4n) is 2.54. The van der Waals surface area contributed by atoms with Gasteiger partial charge in [-0.1, -0.05) is 11.6 Å². The van der Waals surface area contributed by atoms with Crippen LogP contribution in [0.15, 0.2) is 22.7 Å². The summed E-state index contributed by atoms with van der Waals surface area (Å²) in [6.45, 7) is 1.96. The molecule has 0 spiro atoms. The van der Waals surface area contributed by atoms with Crippen LogP contribution in [0.4, 0.5) is 5.95 Å². The molecule has 1 aliphatic heterocycles. The number of aromatic amines is 1. The van der Waals surface area contributed by atoms with Crippen LogP contribution in [0.3, 0.4) is 0 Å². The molecular weight excluding hydrogens is 354 g/mol. The molecular formula is C14H17BrClN5. The average molecular weight is 371 g/mol. The molecule has 5 nitrogen and oxygen atoms in total. The van der Waals surface area contributed by atoms with Crippen molar-refractivity contribution in [2.45, 2.75) is 18.9 Å². The molecule has 21 heavy (non-hydrogen) atoms. The van der Waals surface area contributed by atoms with Crippen LogP contribution in [-0.2, 0) is 0 Å². The number of benzene rings is 1. The van der Waals surface area contributed by atoms with E-state index in [0.717, 1.165) is 47.7 Å². The van der Waals surface area contributed by atoms with E-state index >= 15 is 0 Å². The Morgan fingerprint density at radius 2 is 2.14 bits per heavy atom. The van der Waals surface area contributed by atoms with Crippen LogP contribution in [0.25, 0.3) is 11.4 Å². The van der Waals surface area contributed by atoms with Crippen molar-refractivity contribution < 1.29 is 0 Å². The van der Waals surface area contributed by atoms with Crippen molar-refractivity contribution >= 4 is 33.5 Å². The first-order chi connectivity index (χ1) is 10.2. The fraction of sp³-hybridized carbons (Fsp3) is 0.429. The lowest BCUT2D eigenvalue weighted by Crippen LogP contribution is -2.41. The number of H-pyrrole nitrogens is 1. The second kappa shape index (κ2) is 6.34. The van der Waals surface area contributed by atoms with Gasteiger partial charge in [0.15, 0.2) is 5.82 Å². The molecule has 3 rings (SSSR count). The highest BCUT2D eigenvalue weighted by molar-refractivity contribution is 9.10. The summed E-state index contributed by atoms with van der Waals surface area (Å²) < 4.78 is 0.856. The Morgan fingerprint density at radius 1 is 1.38 bits per heavy atom. The van der Waals surface area contributed by atoms with Gasteiger partial charge in [0.2, 0.25) is 5.95 Å². The molecule has 1 aromatic carbocycles. The maximum Gasteiger partial charge on any atom is 0.245 e. The lowest BCUT2D eigenvalue weighted by molar-refractivity contribution is 0.439. The van der Waals surface area contributed by atoms with E-state index in [4.69, 9.17) is 11.6 Å². The molecule has 0 radical (unpaired) electrons. The van der Waals surface area contributed by atoms with Gasteiger partial charge in [0.05, 0.1) is 5.02 Å². The van der Waals surface area contributed by atoms with E-state index in [1.165, 1.54) is 0 Å². The molecule has 0 amide bonds. The normalized spacial score (nSPS) is 16.4. The summed E-state index contributed by atoms with van der Waals surface area (Å²) in [5.41, 5.74) is 0.968. The maximum atomic E-state index is 6.02. The van der Waals surface area contributed by atoms with Gasteiger partial charge in [-0.15, -0.1) is 5.10 Å². The topological polar surface area (TPSA) is 56.8 Å². The number of nitrogens with one attached hydrogen (secondary N) is 2. The van der Waals surface area contributed by atoms with Crippen molar-refractivity contribution in [3.8, 4) is 11.4 Å². The van der Waals surface area contributed by atoms with Crippen molar-refractivity contribution in [1.29, 1.82) is 0 Å². The van der Waals surface area contributed by atoms with Gasteiger partial charge >= 0.3 is 0 Å². The third-order valence-electron chi connectivity index (χ3n) is 3.85. The van der Waals surface area contributed by atoms with Gasteiger partial charge in [-0.05, 0) is 54.0 Å². The minimum Gasteiger partial charge on any atom is -0.339 e. The smallest absolute Gasteiger partial charge is 0.245 e. The second-order valence-electron chi connectivity index (χ2n) is 5.16. The molecule has 2 aromatic rings. The van der Waals surface area contributed by atoms with Crippen molar-refractivity contribution in [2.75, 3.05) is 25.0 Å². The number of anilines is 1. The molecule has 1 fully saturated rings. The van der Waals surface area contributed by atoms with Gasteiger partial charge in [-0.2, -0.15) is 4.98 Å². The van der Waals surface area contributed by atoms with Crippen LogP contribution in [0, 0.1) is 0 Å². The Morgan fingerprint density at radius 3 is 2.81 bits per heavy atom. The van der Waals surface area contributed by atoms with E-state index in [-0.39, 0.29) is 0 Å². The molecule has 0 bridgehead atoms. The van der Waals surface area contributed by atoms with Crippen molar-refractivity contribution in [3.63, 3.8) is 0 Å². The zero-order valence-electron chi connectivity index (χ0n) is 11.7. The van der Waals surface area contributed by atoms with E-state index in [1.807, 2.05) is 25.2 Å². The van der Waals surface area contributed by atoms with Gasteiger partial charge in [0.1, 0.15) is 0 Å². The largest absolute Gasteiger partial charge is 0.339 e. The standard InChI is InChI=1S/C14H17BrClN5/c1-17-10-4-6-21(7-5-10)14-18-13(19-20-14)9-2-3-12(16)11(15)8-9/h2-3,8,10,17H,4-7H2,1H3,(H,18,19,20). The van der Waals surface area contributed by atoms with Gasteiger partial charge in [0.25, 0.3) is 0 Å². The summed E-state index contributed by atoms with van der Waals surface area (Å²) in [6, 6.07) is 6.33. The van der Waals surface area contributed by atoms with Crippen molar-refractivity contribution in [1.82, 2.24) is 20.5 Å². The van der Waals surface area contributed by atoms with Crippen LogP contribution >= 0.6 is 27.5 Å². The first kappa shape index (κ1) is 14.8. The lowest BCUT2D eigenvalue weighted by atomic mass is 10.1. The third-order valence-corrected chi connectivity index (χ3v) is 5.07. The van der Waals surface area contributed by atoms with Gasteiger partial charge in [-0.25, -0.2) is 0 Å². The molecule has 1 aromatic heterocycles. The number of hydrogen-bond donors (Lipinski definition) is 2. The minimum absolute atomic E-state index is 0.604. The molecule has 2 N–H and O–H groups in total. The zero-order chi connectivity index (χ0) is 14.8. The molecule has 2 heterocycles. The van der Waals surface area contributed by atoms with Crippen LogP contribution in [-0.4, -0.2) is 41.4 Å². The van der Waals surface area contributed by atoms with E-state index in [1.54, 1.807) is 0 Å². The maximum absolute atomic E-state index is 6.02. The van der Waals surface area contributed by atoms with E-state index in [9.17, 15) is 0 Å². The Bertz CT molecular complexity index is 622. The monoisotopic (exact) mass is 369 g/mol. The molecule has 0 aliphatic carbocycles. The SMILES string of the molecule is CNC1CCN(c2n[nH]c(-c3ccc(Cl)c(Br)c3)n2)CC1. The first-order valence-electron chi connectivity index (χ1n) is 6.97. The Labute approximate surface area is 137 Å². The Kier molecular flexibility index (Phi) is 4.47. The van der Waals surface area contributed by atoms with Crippen LogP contribution in [0.2, 0.25) is 5.02 Å². The molecule has 7 heteroatoms. The van der Waals surface area contributed by atoms with Gasteiger partial charge in [0, 0.05) is 29.2 Å². The number of nitrogens with zero attached hydrogens (tertiary/aromatic N) is 3. The highest BCUT2D eigenvalue weighted by atomic mass is 79.9. The van der Waals surface area contributed by atoms with Crippen molar-refractivity contribution in [3.05, 3.63) is 27.7 Å². The second-order valence-corrected chi connectivity index (χ2v) is 6.42. The molecule has 0 atom stereocenters. The van der Waals surface area contributed by atoms with Gasteiger partial charge < -0.3 is 10.2 Å². The highest BCUT2D eigenvalue weighted by Crippen LogP contribution is 2.28. The quantitative estimate of drug-likeness (QED) is 0.872. The molecule has 112 valence electrons. The fourth-order valence-corrected chi connectivity index (χ4v) is 3.03. The number of aromatic nitrogens is 3. The van der Waals surface area contributed by atoms with E-state index < -0.39 is 0 Å². The summed E-state index contributed by atoms with van der Waals surface area (Å²) in [6.07, 6.45) is 2.24. The number of hydrogen-bond acceptors (Lipinski definition) is 4. The van der Waals surface area contributed by atoms with Crippen LogP contribution in [0.5, 0.6) is 0 Å². The first-order valence-corrected chi connectivity index (χ1v) is 8.14. The molecule has 0 saturated carbocycles. The predicted octanol–water partition coefficient (Wildman–Crippen LogP) is 3.08. The molecule has 0 unspecified atom stereocenters. The number of rotatable bonds is 3. The predicted molar refractivity (Wildman–Crippen MR) is 88.8 cm³/mol. The highest BCUT2D eigenvalue weighted by Gasteiger charge is 2.21. The van der Waals surface area contributed by atoms with Crippen LogP contribution < -0.4 is 10.2 Å². The van der Waals surface area contributed by atoms with Gasteiger partial charge in [-0.3, -0.25) is 5.10 Å². The summed E-state index contributed by atoms with van der Waals surface area (Å²) in [5, 5.41) is 11.4. The lowest BCUT2D eigenvalue weighted by Gasteiger charge is -2.30. The Hall–Kier alpha value is -1.11. The molecule has 1 aliphatic rings. The average Bonchev–Trinajstić information content (AvgIpc) is 3.00. The zero-order valence-corrected chi connectivity index (χ0v) is 14.1.